The van der Waals surface area contributed by atoms with E-state index in [2.05, 4.69) is 43.9 Å². The monoisotopic (exact) mass is 258 g/mol. The Bertz CT molecular complexity index is 524. The molecular weight excluding hydrogens is 236 g/mol. The second-order valence-corrected chi connectivity index (χ2v) is 5.85. The molecule has 0 N–H and O–H groups in total. The molecule has 102 valence electrons. The number of benzene rings is 1. The van der Waals surface area contributed by atoms with Gasteiger partial charge in [0.1, 0.15) is 5.41 Å². The van der Waals surface area contributed by atoms with Crippen LogP contribution >= 0.6 is 0 Å². The lowest BCUT2D eigenvalue weighted by Gasteiger charge is -2.45. The summed E-state index contributed by atoms with van der Waals surface area (Å²) in [5.74, 6) is 0. The summed E-state index contributed by atoms with van der Waals surface area (Å²) in [4.78, 5) is 2.14. The van der Waals surface area contributed by atoms with E-state index < -0.39 is 5.41 Å². The van der Waals surface area contributed by atoms with Crippen LogP contribution in [0.1, 0.15) is 28.3 Å². The lowest BCUT2D eigenvalue weighted by atomic mass is 9.74. The van der Waals surface area contributed by atoms with Gasteiger partial charge in [0.15, 0.2) is 0 Å². The van der Waals surface area contributed by atoms with Crippen molar-refractivity contribution < 1.29 is 4.74 Å². The first-order valence-electron chi connectivity index (χ1n) is 6.65. The van der Waals surface area contributed by atoms with Crippen LogP contribution in [0, 0.1) is 37.5 Å². The Morgan fingerprint density at radius 3 is 2.26 bits per heavy atom. The highest BCUT2D eigenvalue weighted by Crippen LogP contribution is 2.44. The molecule has 0 amide bonds. The van der Waals surface area contributed by atoms with E-state index in [0.717, 1.165) is 0 Å². The second kappa shape index (κ2) is 4.96. The summed E-state index contributed by atoms with van der Waals surface area (Å²) < 4.78 is 5.33. The first kappa shape index (κ1) is 14.0. The van der Waals surface area contributed by atoms with Gasteiger partial charge in [-0.25, -0.2) is 0 Å². The predicted molar refractivity (Wildman–Crippen MR) is 75.9 cm³/mol. The number of hydrogen-bond donors (Lipinski definition) is 0. The van der Waals surface area contributed by atoms with E-state index in [1.165, 1.54) is 22.3 Å². The van der Waals surface area contributed by atoms with E-state index >= 15 is 0 Å². The fourth-order valence-electron chi connectivity index (χ4n) is 2.95. The summed E-state index contributed by atoms with van der Waals surface area (Å²) in [5.41, 5.74) is 4.75. The molecule has 1 aliphatic heterocycles. The average Bonchev–Trinajstić information content (AvgIpc) is 2.32. The molecule has 3 heteroatoms. The van der Waals surface area contributed by atoms with Crippen LogP contribution in [0.4, 0.5) is 0 Å². The van der Waals surface area contributed by atoms with Crippen molar-refractivity contribution in [2.75, 3.05) is 27.3 Å². The molecule has 1 fully saturated rings. The van der Waals surface area contributed by atoms with Gasteiger partial charge in [-0.3, -0.25) is 0 Å². The van der Waals surface area contributed by atoms with Gasteiger partial charge in [-0.1, -0.05) is 12.1 Å². The Kier molecular flexibility index (Phi) is 3.66. The third-order valence-electron chi connectivity index (χ3n) is 4.38. The van der Waals surface area contributed by atoms with Crippen LogP contribution < -0.4 is 0 Å². The topological polar surface area (TPSA) is 36.3 Å². The molecule has 1 unspecified atom stereocenters. The largest absolute Gasteiger partial charge is 0.378 e. The normalized spacial score (nSPS) is 18.8. The van der Waals surface area contributed by atoms with Gasteiger partial charge >= 0.3 is 0 Å². The third-order valence-corrected chi connectivity index (χ3v) is 4.38. The highest BCUT2D eigenvalue weighted by atomic mass is 16.5. The zero-order valence-electron chi connectivity index (χ0n) is 12.4. The lowest BCUT2D eigenvalue weighted by Crippen LogP contribution is -2.50. The summed E-state index contributed by atoms with van der Waals surface area (Å²) in [5, 5.41) is 9.58. The molecule has 1 aliphatic rings. The first-order valence-corrected chi connectivity index (χ1v) is 6.65. The van der Waals surface area contributed by atoms with Gasteiger partial charge < -0.3 is 9.64 Å². The Morgan fingerprint density at radius 2 is 1.84 bits per heavy atom. The maximum atomic E-state index is 9.58. The van der Waals surface area contributed by atoms with Gasteiger partial charge in [0, 0.05) is 0 Å². The zero-order valence-corrected chi connectivity index (χ0v) is 12.4. The van der Waals surface area contributed by atoms with Crippen LogP contribution in [-0.4, -0.2) is 32.2 Å². The molecule has 0 spiro atoms. The fraction of sp³-hybridized carbons (Fsp3) is 0.562. The fourth-order valence-corrected chi connectivity index (χ4v) is 2.95. The van der Waals surface area contributed by atoms with Crippen molar-refractivity contribution in [3.05, 3.63) is 34.4 Å². The lowest BCUT2D eigenvalue weighted by molar-refractivity contribution is -0.115. The van der Waals surface area contributed by atoms with Crippen molar-refractivity contribution in [2.45, 2.75) is 26.8 Å². The van der Waals surface area contributed by atoms with Crippen molar-refractivity contribution in [1.29, 1.82) is 5.26 Å². The van der Waals surface area contributed by atoms with Gasteiger partial charge in [-0.05, 0) is 57.1 Å². The predicted octanol–water partition coefficient (Wildman–Crippen LogP) is 2.75. The van der Waals surface area contributed by atoms with Crippen LogP contribution in [0.15, 0.2) is 12.1 Å². The van der Waals surface area contributed by atoms with Crippen LogP contribution in [0.2, 0.25) is 0 Å². The molecule has 0 saturated carbocycles. The molecule has 1 aromatic rings. The van der Waals surface area contributed by atoms with E-state index in [0.29, 0.717) is 13.2 Å². The average molecular weight is 258 g/mol. The molecule has 2 rings (SSSR count). The van der Waals surface area contributed by atoms with Crippen molar-refractivity contribution in [1.82, 2.24) is 4.90 Å². The molecule has 1 aromatic carbocycles. The number of hydrogen-bond acceptors (Lipinski definition) is 3. The molecule has 19 heavy (non-hydrogen) atoms. The van der Waals surface area contributed by atoms with E-state index in [-0.39, 0.29) is 6.04 Å². The Balaban J connectivity index is 2.53. The van der Waals surface area contributed by atoms with E-state index in [1.807, 2.05) is 14.1 Å². The van der Waals surface area contributed by atoms with E-state index in [9.17, 15) is 5.26 Å². The van der Waals surface area contributed by atoms with Crippen LogP contribution in [-0.2, 0) is 4.74 Å². The van der Waals surface area contributed by atoms with E-state index in [1.54, 1.807) is 0 Å². The molecule has 0 aliphatic carbocycles. The zero-order chi connectivity index (χ0) is 14.2. The van der Waals surface area contributed by atoms with Gasteiger partial charge in [-0.15, -0.1) is 0 Å². The smallest absolute Gasteiger partial charge is 0.123 e. The summed E-state index contributed by atoms with van der Waals surface area (Å²) in [6.07, 6.45) is 0. The van der Waals surface area contributed by atoms with Crippen molar-refractivity contribution >= 4 is 0 Å². The summed E-state index contributed by atoms with van der Waals surface area (Å²) in [7, 11) is 4.08. The van der Waals surface area contributed by atoms with Gasteiger partial charge in [-0.2, -0.15) is 5.26 Å². The Morgan fingerprint density at radius 1 is 1.21 bits per heavy atom. The quantitative estimate of drug-likeness (QED) is 0.836. The maximum Gasteiger partial charge on any atom is 0.123 e. The molecule has 3 nitrogen and oxygen atoms in total. The SMILES string of the molecule is Cc1ccc(C(N(C)C)C2(C#N)COC2)c(C)c1C. The number of rotatable bonds is 3. The van der Waals surface area contributed by atoms with Gasteiger partial charge in [0.2, 0.25) is 0 Å². The summed E-state index contributed by atoms with van der Waals surface area (Å²) >= 11 is 0. The van der Waals surface area contributed by atoms with Crippen molar-refractivity contribution in [3.8, 4) is 6.07 Å². The molecular formula is C16H22N2O. The highest BCUT2D eigenvalue weighted by molar-refractivity contribution is 5.42. The molecule has 1 heterocycles. The molecule has 0 bridgehead atoms. The van der Waals surface area contributed by atoms with Crippen LogP contribution in [0.25, 0.3) is 0 Å². The van der Waals surface area contributed by atoms with Crippen LogP contribution in [0.5, 0.6) is 0 Å². The molecule has 1 atom stereocenters. The Labute approximate surface area is 115 Å². The summed E-state index contributed by atoms with van der Waals surface area (Å²) in [6.45, 7) is 7.48. The molecule has 0 aromatic heterocycles. The minimum atomic E-state index is -0.407. The highest BCUT2D eigenvalue weighted by Gasteiger charge is 2.48. The molecule has 0 radical (unpaired) electrons. The first-order chi connectivity index (χ1) is 8.93. The van der Waals surface area contributed by atoms with E-state index in [4.69, 9.17) is 4.74 Å². The number of nitrogens with zero attached hydrogens (tertiary/aromatic N) is 2. The number of aryl methyl sites for hydroxylation is 1. The minimum absolute atomic E-state index is 0.0885. The van der Waals surface area contributed by atoms with Crippen molar-refractivity contribution in [3.63, 3.8) is 0 Å². The summed E-state index contributed by atoms with van der Waals surface area (Å²) in [6, 6.07) is 6.90. The maximum absolute atomic E-state index is 9.58. The Hall–Kier alpha value is -1.37. The standard InChI is InChI=1S/C16H22N2O/c1-11-6-7-14(13(3)12(11)2)15(18(4)5)16(8-17)9-19-10-16/h6-7,15H,9-10H2,1-5H3. The number of ether oxygens (including phenoxy) is 1. The minimum Gasteiger partial charge on any atom is -0.378 e. The third kappa shape index (κ3) is 2.16. The van der Waals surface area contributed by atoms with Gasteiger partial charge in [0.25, 0.3) is 0 Å². The number of nitriles is 1. The van der Waals surface area contributed by atoms with Crippen molar-refractivity contribution in [2.24, 2.45) is 5.41 Å². The molecule has 1 saturated heterocycles. The van der Waals surface area contributed by atoms with Crippen LogP contribution in [0.3, 0.4) is 0 Å². The second-order valence-electron chi connectivity index (χ2n) is 5.85. The van der Waals surface area contributed by atoms with Gasteiger partial charge in [0.05, 0.1) is 25.3 Å².